The van der Waals surface area contributed by atoms with Crippen LogP contribution in [0.25, 0.3) is 0 Å². The van der Waals surface area contributed by atoms with E-state index in [0.717, 1.165) is 56.9 Å². The molecule has 0 aliphatic heterocycles. The van der Waals surface area contributed by atoms with Gasteiger partial charge in [-0.2, -0.15) is 4.39 Å². The highest BCUT2D eigenvalue weighted by molar-refractivity contribution is 5.34. The predicted octanol–water partition coefficient (Wildman–Crippen LogP) is 7.53. The van der Waals surface area contributed by atoms with Gasteiger partial charge in [-0.25, -0.2) is 8.78 Å². The molecule has 0 saturated heterocycles. The van der Waals surface area contributed by atoms with Crippen molar-refractivity contribution in [2.24, 2.45) is 5.92 Å². The maximum Gasteiger partial charge on any atom is 0.200 e. The molecular weight excluding hydrogens is 441 g/mol. The summed E-state index contributed by atoms with van der Waals surface area (Å²) in [5.74, 6) is -1.11. The smallest absolute Gasteiger partial charge is 0.200 e. The van der Waals surface area contributed by atoms with Crippen molar-refractivity contribution >= 4 is 0 Å². The molecule has 2 aromatic rings. The standard InChI is InChI=1S/C28H35F3O3/c1-3-33-25-14-10-21(16-24(25)29)19-6-4-18(5-7-19)17-34-26-15-13-23(27(30)28(26)31)20-8-11-22(32-2)12-9-20/h10,13-16,18-20,22H,3-9,11-12,17H2,1-2H3. The van der Waals surface area contributed by atoms with E-state index in [2.05, 4.69) is 0 Å². The maximum atomic E-state index is 14.8. The van der Waals surface area contributed by atoms with Gasteiger partial charge in [0.1, 0.15) is 0 Å². The van der Waals surface area contributed by atoms with E-state index in [1.807, 2.05) is 13.0 Å². The number of methoxy groups -OCH3 is 1. The Morgan fingerprint density at radius 2 is 1.44 bits per heavy atom. The molecule has 4 rings (SSSR count). The van der Waals surface area contributed by atoms with Crippen LogP contribution in [-0.2, 0) is 4.74 Å². The molecule has 0 radical (unpaired) electrons. The molecule has 0 unspecified atom stereocenters. The molecule has 2 aliphatic carbocycles. The first kappa shape index (κ1) is 24.9. The predicted molar refractivity (Wildman–Crippen MR) is 126 cm³/mol. The minimum atomic E-state index is -0.884. The molecule has 2 aromatic carbocycles. The van der Waals surface area contributed by atoms with Gasteiger partial charge in [0.15, 0.2) is 23.1 Å². The highest BCUT2D eigenvalue weighted by Crippen LogP contribution is 2.39. The Labute approximate surface area is 200 Å². The Bertz CT molecular complexity index is 948. The van der Waals surface area contributed by atoms with Gasteiger partial charge in [0.05, 0.1) is 19.3 Å². The van der Waals surface area contributed by atoms with E-state index in [9.17, 15) is 13.2 Å². The third-order valence-electron chi connectivity index (χ3n) is 7.57. The molecule has 0 spiro atoms. The number of halogens is 3. The van der Waals surface area contributed by atoms with Crippen molar-refractivity contribution < 1.29 is 27.4 Å². The number of benzene rings is 2. The van der Waals surface area contributed by atoms with Crippen LogP contribution < -0.4 is 9.47 Å². The summed E-state index contributed by atoms with van der Waals surface area (Å²) >= 11 is 0. The van der Waals surface area contributed by atoms with Gasteiger partial charge in [-0.1, -0.05) is 12.1 Å². The minimum Gasteiger partial charge on any atom is -0.491 e. The third kappa shape index (κ3) is 5.70. The lowest BCUT2D eigenvalue weighted by atomic mass is 9.79. The lowest BCUT2D eigenvalue weighted by molar-refractivity contribution is 0.0654. The Hall–Kier alpha value is -2.21. The van der Waals surface area contributed by atoms with E-state index >= 15 is 0 Å². The van der Waals surface area contributed by atoms with Crippen molar-refractivity contribution in [3.8, 4) is 11.5 Å². The zero-order chi connectivity index (χ0) is 24.1. The highest BCUT2D eigenvalue weighted by atomic mass is 19.2. The molecule has 0 amide bonds. The molecule has 0 bridgehead atoms. The van der Waals surface area contributed by atoms with Gasteiger partial charge in [-0.15, -0.1) is 0 Å². The van der Waals surface area contributed by atoms with Gasteiger partial charge in [0.2, 0.25) is 5.82 Å². The molecule has 0 heterocycles. The number of hydrogen-bond donors (Lipinski definition) is 0. The second-order valence-corrected chi connectivity index (χ2v) is 9.64. The van der Waals surface area contributed by atoms with Crippen LogP contribution in [0, 0.1) is 23.4 Å². The zero-order valence-corrected chi connectivity index (χ0v) is 20.1. The van der Waals surface area contributed by atoms with E-state index in [4.69, 9.17) is 14.2 Å². The van der Waals surface area contributed by atoms with Gasteiger partial charge in [0, 0.05) is 7.11 Å². The van der Waals surface area contributed by atoms with Crippen molar-refractivity contribution in [2.75, 3.05) is 20.3 Å². The largest absolute Gasteiger partial charge is 0.491 e. The Morgan fingerprint density at radius 1 is 0.765 bits per heavy atom. The summed E-state index contributed by atoms with van der Waals surface area (Å²) in [4.78, 5) is 0. The second kappa shape index (κ2) is 11.5. The summed E-state index contributed by atoms with van der Waals surface area (Å²) in [6.07, 6.45) is 7.21. The molecule has 2 fully saturated rings. The number of ether oxygens (including phenoxy) is 3. The van der Waals surface area contributed by atoms with E-state index in [1.54, 1.807) is 31.4 Å². The quantitative estimate of drug-likeness (QED) is 0.394. The topological polar surface area (TPSA) is 27.7 Å². The fraction of sp³-hybridized carbons (Fsp3) is 0.571. The average molecular weight is 477 g/mol. The van der Waals surface area contributed by atoms with Crippen molar-refractivity contribution in [3.05, 3.63) is 58.9 Å². The Kier molecular flexibility index (Phi) is 8.41. The maximum absolute atomic E-state index is 14.8. The summed E-state index contributed by atoms with van der Waals surface area (Å²) in [7, 11) is 1.70. The van der Waals surface area contributed by atoms with Gasteiger partial charge < -0.3 is 14.2 Å². The molecule has 2 aliphatic rings. The second-order valence-electron chi connectivity index (χ2n) is 9.64. The van der Waals surface area contributed by atoms with Crippen LogP contribution in [0.3, 0.4) is 0 Å². The van der Waals surface area contributed by atoms with Gasteiger partial charge in [-0.3, -0.25) is 0 Å². The highest BCUT2D eigenvalue weighted by Gasteiger charge is 2.28. The normalized spacial score (nSPS) is 25.2. The fourth-order valence-electron chi connectivity index (χ4n) is 5.50. The van der Waals surface area contributed by atoms with Crippen LogP contribution in [0.1, 0.15) is 81.3 Å². The van der Waals surface area contributed by atoms with Crippen LogP contribution in [0.4, 0.5) is 13.2 Å². The summed E-state index contributed by atoms with van der Waals surface area (Å²) in [6, 6.07) is 8.48. The van der Waals surface area contributed by atoms with Crippen LogP contribution in [0.15, 0.2) is 30.3 Å². The third-order valence-corrected chi connectivity index (χ3v) is 7.57. The first-order valence-corrected chi connectivity index (χ1v) is 12.6. The van der Waals surface area contributed by atoms with E-state index in [1.165, 1.54) is 0 Å². The van der Waals surface area contributed by atoms with Crippen molar-refractivity contribution in [1.82, 2.24) is 0 Å². The molecule has 6 heteroatoms. The van der Waals surface area contributed by atoms with E-state index in [0.29, 0.717) is 24.7 Å². The Balaban J connectivity index is 1.29. The van der Waals surface area contributed by atoms with Crippen LogP contribution in [0.5, 0.6) is 11.5 Å². The summed E-state index contributed by atoms with van der Waals surface area (Å²) < 4.78 is 60.2. The molecule has 0 N–H and O–H groups in total. The monoisotopic (exact) mass is 476 g/mol. The average Bonchev–Trinajstić information content (AvgIpc) is 2.87. The minimum absolute atomic E-state index is 0.0115. The summed E-state index contributed by atoms with van der Waals surface area (Å²) in [5.41, 5.74) is 1.44. The zero-order valence-electron chi connectivity index (χ0n) is 20.1. The van der Waals surface area contributed by atoms with Crippen LogP contribution in [0.2, 0.25) is 0 Å². The SMILES string of the molecule is CCOc1ccc(C2CCC(COc3ccc(C4CCC(OC)CC4)c(F)c3F)CC2)cc1F. The Morgan fingerprint density at radius 3 is 2.09 bits per heavy atom. The molecule has 34 heavy (non-hydrogen) atoms. The van der Waals surface area contributed by atoms with Crippen molar-refractivity contribution in [3.63, 3.8) is 0 Å². The van der Waals surface area contributed by atoms with Gasteiger partial charge in [-0.05, 0) is 105 Å². The van der Waals surface area contributed by atoms with E-state index in [-0.39, 0.29) is 35.3 Å². The van der Waals surface area contributed by atoms with Gasteiger partial charge >= 0.3 is 0 Å². The molecule has 186 valence electrons. The van der Waals surface area contributed by atoms with Gasteiger partial charge in [0.25, 0.3) is 0 Å². The lowest BCUT2D eigenvalue weighted by Crippen LogP contribution is -2.21. The van der Waals surface area contributed by atoms with Crippen molar-refractivity contribution in [2.45, 2.75) is 76.2 Å². The first-order chi connectivity index (χ1) is 16.5. The molecule has 3 nitrogen and oxygen atoms in total. The first-order valence-electron chi connectivity index (χ1n) is 12.6. The molecular formula is C28H35F3O3. The fourth-order valence-corrected chi connectivity index (χ4v) is 5.50. The lowest BCUT2D eigenvalue weighted by Gasteiger charge is -2.29. The summed E-state index contributed by atoms with van der Waals surface area (Å²) in [5, 5.41) is 0. The number of hydrogen-bond acceptors (Lipinski definition) is 3. The molecule has 0 aromatic heterocycles. The van der Waals surface area contributed by atoms with Crippen LogP contribution in [-0.4, -0.2) is 26.4 Å². The number of rotatable bonds is 8. The molecule has 2 saturated carbocycles. The van der Waals surface area contributed by atoms with Crippen LogP contribution >= 0.6 is 0 Å². The summed E-state index contributed by atoms with van der Waals surface area (Å²) in [6.45, 7) is 2.63. The van der Waals surface area contributed by atoms with Crippen molar-refractivity contribution in [1.29, 1.82) is 0 Å². The van der Waals surface area contributed by atoms with E-state index < -0.39 is 11.6 Å². The molecule has 0 atom stereocenters.